The molecule has 0 radical (unpaired) electrons. The standard InChI is InChI=1S/C27H29N3O3/c1-19(2)26(31)30-17-16-29(23-10-6-7-11-25(23)33-3)27(32)24(30)18-21-8-4-5-9-22(21)20-12-14-28-15-13-20/h4-15,19,24H,16-18H2,1-3H3/t24-/m0/s1. The van der Waals surface area contributed by atoms with Crippen LogP contribution in [-0.2, 0) is 16.0 Å². The molecule has 4 rings (SSSR count). The summed E-state index contributed by atoms with van der Waals surface area (Å²) < 4.78 is 5.51. The van der Waals surface area contributed by atoms with Crippen molar-refractivity contribution in [3.8, 4) is 16.9 Å². The predicted octanol–water partition coefficient (Wildman–Crippen LogP) is 4.20. The molecule has 1 atom stereocenters. The second-order valence-electron chi connectivity index (χ2n) is 8.46. The number of carbonyl (C=O) groups excluding carboxylic acids is 2. The number of ether oxygens (including phenoxy) is 1. The number of anilines is 1. The maximum atomic E-state index is 13.9. The van der Waals surface area contributed by atoms with Gasteiger partial charge >= 0.3 is 0 Å². The van der Waals surface area contributed by atoms with Gasteiger partial charge in [-0.25, -0.2) is 0 Å². The lowest BCUT2D eigenvalue weighted by Crippen LogP contribution is -2.60. The molecule has 0 saturated carbocycles. The molecule has 170 valence electrons. The third-order valence-corrected chi connectivity index (χ3v) is 6.07. The zero-order valence-corrected chi connectivity index (χ0v) is 19.3. The van der Waals surface area contributed by atoms with E-state index in [4.69, 9.17) is 4.74 Å². The van der Waals surface area contributed by atoms with E-state index in [1.807, 2.05) is 74.5 Å². The Balaban J connectivity index is 1.73. The summed E-state index contributed by atoms with van der Waals surface area (Å²) >= 11 is 0. The molecular formula is C27H29N3O3. The van der Waals surface area contributed by atoms with Crippen molar-refractivity contribution in [1.29, 1.82) is 0 Å². The minimum atomic E-state index is -0.596. The summed E-state index contributed by atoms with van der Waals surface area (Å²) in [5, 5.41) is 0. The van der Waals surface area contributed by atoms with E-state index in [0.29, 0.717) is 25.3 Å². The number of rotatable bonds is 6. The molecule has 1 fully saturated rings. The van der Waals surface area contributed by atoms with Gasteiger partial charge in [0.2, 0.25) is 11.8 Å². The van der Waals surface area contributed by atoms with Gasteiger partial charge < -0.3 is 14.5 Å². The number of pyridine rings is 1. The van der Waals surface area contributed by atoms with Gasteiger partial charge in [-0.3, -0.25) is 14.6 Å². The van der Waals surface area contributed by atoms with Crippen molar-refractivity contribution in [3.63, 3.8) is 0 Å². The topological polar surface area (TPSA) is 62.7 Å². The van der Waals surface area contributed by atoms with Crippen LogP contribution in [0.3, 0.4) is 0 Å². The number of carbonyl (C=O) groups is 2. The van der Waals surface area contributed by atoms with Crippen LogP contribution in [0.4, 0.5) is 5.69 Å². The molecule has 0 spiro atoms. The SMILES string of the molecule is COc1ccccc1N1CCN(C(=O)C(C)C)[C@@H](Cc2ccccc2-c2ccncc2)C1=O. The number of piperazine rings is 1. The Labute approximate surface area is 194 Å². The minimum absolute atomic E-state index is 0.00517. The Kier molecular flexibility index (Phi) is 6.73. The Hall–Kier alpha value is -3.67. The highest BCUT2D eigenvalue weighted by atomic mass is 16.5. The molecule has 1 aromatic heterocycles. The highest BCUT2D eigenvalue weighted by Gasteiger charge is 2.39. The van der Waals surface area contributed by atoms with Gasteiger partial charge in [0.1, 0.15) is 11.8 Å². The van der Waals surface area contributed by atoms with Crippen LogP contribution in [-0.4, -0.2) is 47.9 Å². The lowest BCUT2D eigenvalue weighted by atomic mass is 9.93. The van der Waals surface area contributed by atoms with E-state index in [0.717, 1.165) is 22.4 Å². The molecule has 1 aliphatic heterocycles. The Morgan fingerprint density at radius 2 is 1.73 bits per heavy atom. The molecule has 0 bridgehead atoms. The molecule has 33 heavy (non-hydrogen) atoms. The van der Waals surface area contributed by atoms with Gasteiger partial charge in [0.05, 0.1) is 12.8 Å². The largest absolute Gasteiger partial charge is 0.495 e. The van der Waals surface area contributed by atoms with E-state index < -0.39 is 6.04 Å². The van der Waals surface area contributed by atoms with Gasteiger partial charge in [-0.05, 0) is 41.0 Å². The molecule has 2 amide bonds. The number of amides is 2. The average molecular weight is 444 g/mol. The second kappa shape index (κ2) is 9.86. The van der Waals surface area contributed by atoms with Crippen molar-refractivity contribution in [3.05, 3.63) is 78.6 Å². The summed E-state index contributed by atoms with van der Waals surface area (Å²) in [6.07, 6.45) is 3.95. The number of hydrogen-bond acceptors (Lipinski definition) is 4. The number of aromatic nitrogens is 1. The first-order valence-corrected chi connectivity index (χ1v) is 11.2. The van der Waals surface area contributed by atoms with E-state index in [9.17, 15) is 9.59 Å². The number of nitrogens with zero attached hydrogens (tertiary/aromatic N) is 3. The van der Waals surface area contributed by atoms with E-state index >= 15 is 0 Å². The fourth-order valence-corrected chi connectivity index (χ4v) is 4.39. The minimum Gasteiger partial charge on any atom is -0.495 e. The van der Waals surface area contributed by atoms with Crippen LogP contribution in [0.15, 0.2) is 73.1 Å². The third kappa shape index (κ3) is 4.60. The van der Waals surface area contributed by atoms with Gasteiger partial charge in [0.25, 0.3) is 0 Å². The normalized spacial score (nSPS) is 16.2. The highest BCUT2D eigenvalue weighted by molar-refractivity contribution is 6.02. The number of hydrogen-bond donors (Lipinski definition) is 0. The molecule has 2 heterocycles. The highest BCUT2D eigenvalue weighted by Crippen LogP contribution is 2.32. The fraction of sp³-hybridized carbons (Fsp3) is 0.296. The average Bonchev–Trinajstić information content (AvgIpc) is 2.85. The van der Waals surface area contributed by atoms with E-state index in [2.05, 4.69) is 4.98 Å². The van der Waals surface area contributed by atoms with Crippen LogP contribution >= 0.6 is 0 Å². The van der Waals surface area contributed by atoms with Gasteiger partial charge in [-0.1, -0.05) is 50.2 Å². The summed E-state index contributed by atoms with van der Waals surface area (Å²) in [7, 11) is 1.60. The molecule has 0 N–H and O–H groups in total. The van der Waals surface area contributed by atoms with Crippen molar-refractivity contribution in [2.45, 2.75) is 26.3 Å². The predicted molar refractivity (Wildman–Crippen MR) is 129 cm³/mol. The van der Waals surface area contributed by atoms with E-state index in [-0.39, 0.29) is 17.7 Å². The molecule has 1 saturated heterocycles. The second-order valence-corrected chi connectivity index (χ2v) is 8.46. The summed E-state index contributed by atoms with van der Waals surface area (Å²) in [6, 6.07) is 18.9. The van der Waals surface area contributed by atoms with Crippen LogP contribution in [0.25, 0.3) is 11.1 Å². The molecule has 1 aliphatic rings. The third-order valence-electron chi connectivity index (χ3n) is 6.07. The molecule has 0 aliphatic carbocycles. The van der Waals surface area contributed by atoms with Crippen molar-refractivity contribution in [1.82, 2.24) is 9.88 Å². The van der Waals surface area contributed by atoms with Gasteiger partial charge in [0.15, 0.2) is 0 Å². The Morgan fingerprint density at radius 3 is 2.45 bits per heavy atom. The van der Waals surface area contributed by atoms with Crippen LogP contribution in [0.5, 0.6) is 5.75 Å². The van der Waals surface area contributed by atoms with Crippen LogP contribution in [0, 0.1) is 5.92 Å². The number of para-hydroxylation sites is 2. The molecule has 0 unspecified atom stereocenters. The lowest BCUT2D eigenvalue weighted by molar-refractivity contribution is -0.143. The molecule has 6 nitrogen and oxygen atoms in total. The van der Waals surface area contributed by atoms with Gasteiger partial charge in [-0.2, -0.15) is 0 Å². The Morgan fingerprint density at radius 1 is 1.03 bits per heavy atom. The van der Waals surface area contributed by atoms with Crippen LogP contribution in [0.1, 0.15) is 19.4 Å². The van der Waals surface area contributed by atoms with E-state index in [1.165, 1.54) is 0 Å². The summed E-state index contributed by atoms with van der Waals surface area (Å²) in [4.78, 5) is 34.6. The summed E-state index contributed by atoms with van der Waals surface area (Å²) in [6.45, 7) is 4.66. The van der Waals surface area contributed by atoms with Crippen LogP contribution < -0.4 is 9.64 Å². The quantitative estimate of drug-likeness (QED) is 0.573. The van der Waals surface area contributed by atoms with Crippen molar-refractivity contribution in [2.75, 3.05) is 25.1 Å². The first-order chi connectivity index (χ1) is 16.0. The van der Waals surface area contributed by atoms with Crippen molar-refractivity contribution in [2.24, 2.45) is 5.92 Å². The number of benzene rings is 2. The zero-order chi connectivity index (χ0) is 23.4. The monoisotopic (exact) mass is 443 g/mol. The van der Waals surface area contributed by atoms with Gasteiger partial charge in [-0.15, -0.1) is 0 Å². The van der Waals surface area contributed by atoms with Crippen molar-refractivity contribution < 1.29 is 14.3 Å². The Bertz CT molecular complexity index is 1130. The maximum Gasteiger partial charge on any atom is 0.250 e. The molecular weight excluding hydrogens is 414 g/mol. The lowest BCUT2D eigenvalue weighted by Gasteiger charge is -2.42. The smallest absolute Gasteiger partial charge is 0.250 e. The number of methoxy groups -OCH3 is 1. The first-order valence-electron chi connectivity index (χ1n) is 11.2. The first kappa shape index (κ1) is 22.5. The molecule has 3 aromatic rings. The fourth-order valence-electron chi connectivity index (χ4n) is 4.39. The van der Waals surface area contributed by atoms with Gasteiger partial charge in [0, 0.05) is 37.8 Å². The van der Waals surface area contributed by atoms with E-state index in [1.54, 1.807) is 29.3 Å². The summed E-state index contributed by atoms with van der Waals surface area (Å²) in [5.41, 5.74) is 3.82. The summed E-state index contributed by atoms with van der Waals surface area (Å²) in [5.74, 6) is 0.359. The maximum absolute atomic E-state index is 13.9. The van der Waals surface area contributed by atoms with Crippen molar-refractivity contribution >= 4 is 17.5 Å². The zero-order valence-electron chi connectivity index (χ0n) is 19.3. The van der Waals surface area contributed by atoms with Crippen LogP contribution in [0.2, 0.25) is 0 Å². The molecule has 6 heteroatoms. The molecule has 2 aromatic carbocycles.